The number of ether oxygens (including phenoxy) is 1. The third-order valence-electron chi connectivity index (χ3n) is 2.31. The molecule has 0 fully saturated rings. The van der Waals surface area contributed by atoms with Gasteiger partial charge in [0.15, 0.2) is 0 Å². The van der Waals surface area contributed by atoms with Crippen LogP contribution in [-0.4, -0.2) is 31.8 Å². The van der Waals surface area contributed by atoms with Crippen molar-refractivity contribution in [2.75, 3.05) is 37.4 Å². The zero-order valence-corrected chi connectivity index (χ0v) is 10.3. The SMILES string of the molecule is COCCN(CC(C)C)c1cccnc1N. The van der Waals surface area contributed by atoms with Gasteiger partial charge in [0.2, 0.25) is 0 Å². The van der Waals surface area contributed by atoms with Crippen LogP contribution in [0.15, 0.2) is 18.3 Å². The first-order valence-corrected chi connectivity index (χ1v) is 5.59. The average Bonchev–Trinajstić information content (AvgIpc) is 2.24. The second-order valence-electron chi connectivity index (χ2n) is 4.24. The van der Waals surface area contributed by atoms with Crippen molar-refractivity contribution in [3.8, 4) is 0 Å². The molecule has 0 aliphatic carbocycles. The van der Waals surface area contributed by atoms with Gasteiger partial charge in [0.1, 0.15) is 5.82 Å². The fourth-order valence-electron chi connectivity index (χ4n) is 1.63. The van der Waals surface area contributed by atoms with Gasteiger partial charge in [0.05, 0.1) is 12.3 Å². The summed E-state index contributed by atoms with van der Waals surface area (Å²) in [7, 11) is 1.71. The van der Waals surface area contributed by atoms with E-state index in [9.17, 15) is 0 Å². The van der Waals surface area contributed by atoms with E-state index in [-0.39, 0.29) is 0 Å². The molecule has 2 N–H and O–H groups in total. The number of nitrogens with zero attached hydrogens (tertiary/aromatic N) is 2. The number of hydrogen-bond acceptors (Lipinski definition) is 4. The predicted octanol–water partition coefficient (Wildman–Crippen LogP) is 1.77. The zero-order valence-electron chi connectivity index (χ0n) is 10.3. The van der Waals surface area contributed by atoms with Gasteiger partial charge in [-0.15, -0.1) is 0 Å². The summed E-state index contributed by atoms with van der Waals surface area (Å²) in [5.74, 6) is 1.16. The molecule has 0 spiro atoms. The molecule has 0 atom stereocenters. The van der Waals surface area contributed by atoms with Crippen molar-refractivity contribution in [3.05, 3.63) is 18.3 Å². The van der Waals surface area contributed by atoms with E-state index >= 15 is 0 Å². The van der Waals surface area contributed by atoms with Crippen LogP contribution in [0.25, 0.3) is 0 Å². The van der Waals surface area contributed by atoms with E-state index in [1.165, 1.54) is 0 Å². The van der Waals surface area contributed by atoms with E-state index in [4.69, 9.17) is 10.5 Å². The lowest BCUT2D eigenvalue weighted by Gasteiger charge is -2.27. The molecule has 0 bridgehead atoms. The summed E-state index contributed by atoms with van der Waals surface area (Å²) in [5, 5.41) is 0. The van der Waals surface area contributed by atoms with Crippen LogP contribution in [0.2, 0.25) is 0 Å². The van der Waals surface area contributed by atoms with Gasteiger partial charge in [-0.05, 0) is 18.1 Å². The van der Waals surface area contributed by atoms with Crippen molar-refractivity contribution >= 4 is 11.5 Å². The highest BCUT2D eigenvalue weighted by Crippen LogP contribution is 2.20. The van der Waals surface area contributed by atoms with Gasteiger partial charge in [-0.25, -0.2) is 4.98 Å². The first-order chi connectivity index (χ1) is 7.65. The standard InChI is InChI=1S/C12H21N3O/c1-10(2)9-15(7-8-16-3)11-5-4-6-14-12(11)13/h4-6,10H,7-9H2,1-3H3,(H2,13,14). The molecule has 1 rings (SSSR count). The minimum Gasteiger partial charge on any atom is -0.383 e. The van der Waals surface area contributed by atoms with Crippen LogP contribution in [0, 0.1) is 5.92 Å². The van der Waals surface area contributed by atoms with Gasteiger partial charge in [-0.2, -0.15) is 0 Å². The Balaban J connectivity index is 2.78. The summed E-state index contributed by atoms with van der Waals surface area (Å²) < 4.78 is 5.11. The van der Waals surface area contributed by atoms with Crippen LogP contribution in [-0.2, 0) is 4.74 Å². The maximum atomic E-state index is 5.88. The maximum absolute atomic E-state index is 5.88. The van der Waals surface area contributed by atoms with Crippen LogP contribution in [0.1, 0.15) is 13.8 Å². The van der Waals surface area contributed by atoms with Gasteiger partial charge in [-0.3, -0.25) is 0 Å². The molecule has 1 aromatic rings. The molecule has 0 aromatic carbocycles. The fraction of sp³-hybridized carbons (Fsp3) is 0.583. The van der Waals surface area contributed by atoms with E-state index < -0.39 is 0 Å². The molecule has 90 valence electrons. The van der Waals surface area contributed by atoms with E-state index in [1.54, 1.807) is 13.3 Å². The lowest BCUT2D eigenvalue weighted by Crippen LogP contribution is -2.31. The molecule has 1 heterocycles. The van der Waals surface area contributed by atoms with Crippen LogP contribution in [0.5, 0.6) is 0 Å². The summed E-state index contributed by atoms with van der Waals surface area (Å²) >= 11 is 0. The average molecular weight is 223 g/mol. The molecule has 4 heteroatoms. The highest BCUT2D eigenvalue weighted by atomic mass is 16.5. The summed E-state index contributed by atoms with van der Waals surface area (Å²) in [6.07, 6.45) is 1.71. The van der Waals surface area contributed by atoms with Crippen LogP contribution >= 0.6 is 0 Å². The molecule has 0 unspecified atom stereocenters. The fourth-order valence-corrected chi connectivity index (χ4v) is 1.63. The second-order valence-corrected chi connectivity index (χ2v) is 4.24. The van der Waals surface area contributed by atoms with Gasteiger partial charge >= 0.3 is 0 Å². The molecule has 0 saturated heterocycles. The summed E-state index contributed by atoms with van der Waals surface area (Å²) in [6, 6.07) is 3.91. The Labute approximate surface area is 97.4 Å². The van der Waals surface area contributed by atoms with Crippen molar-refractivity contribution in [1.29, 1.82) is 0 Å². The Bertz CT molecular complexity index is 315. The molecule has 0 aliphatic rings. The van der Waals surface area contributed by atoms with E-state index in [2.05, 4.69) is 23.7 Å². The Hall–Kier alpha value is -1.29. The minimum absolute atomic E-state index is 0.580. The summed E-state index contributed by atoms with van der Waals surface area (Å²) in [6.45, 7) is 6.86. The highest BCUT2D eigenvalue weighted by Gasteiger charge is 2.11. The maximum Gasteiger partial charge on any atom is 0.146 e. The van der Waals surface area contributed by atoms with E-state index in [0.717, 1.165) is 18.8 Å². The lowest BCUT2D eigenvalue weighted by atomic mass is 10.2. The van der Waals surface area contributed by atoms with Gasteiger partial charge in [0, 0.05) is 26.4 Å². The van der Waals surface area contributed by atoms with Crippen molar-refractivity contribution in [1.82, 2.24) is 4.98 Å². The molecular weight excluding hydrogens is 202 g/mol. The second kappa shape index (κ2) is 6.33. The molecule has 0 aliphatic heterocycles. The number of nitrogen functional groups attached to an aromatic ring is 1. The highest BCUT2D eigenvalue weighted by molar-refractivity contribution is 5.62. The Morgan fingerprint density at radius 3 is 2.81 bits per heavy atom. The third-order valence-corrected chi connectivity index (χ3v) is 2.31. The van der Waals surface area contributed by atoms with Gasteiger partial charge in [-0.1, -0.05) is 13.8 Å². The van der Waals surface area contributed by atoms with E-state index in [0.29, 0.717) is 18.3 Å². The monoisotopic (exact) mass is 223 g/mol. The van der Waals surface area contributed by atoms with Crippen LogP contribution < -0.4 is 10.6 Å². The van der Waals surface area contributed by atoms with Crippen LogP contribution in [0.3, 0.4) is 0 Å². The molecule has 1 aromatic heterocycles. The van der Waals surface area contributed by atoms with Crippen molar-refractivity contribution in [3.63, 3.8) is 0 Å². The molecule has 0 saturated carbocycles. The molecular formula is C12H21N3O. The quantitative estimate of drug-likeness (QED) is 0.798. The van der Waals surface area contributed by atoms with Crippen molar-refractivity contribution < 1.29 is 4.74 Å². The number of aromatic nitrogens is 1. The summed E-state index contributed by atoms with van der Waals surface area (Å²) in [4.78, 5) is 6.33. The topological polar surface area (TPSA) is 51.4 Å². The number of hydrogen-bond donors (Lipinski definition) is 1. The lowest BCUT2D eigenvalue weighted by molar-refractivity contribution is 0.204. The number of pyridine rings is 1. The zero-order chi connectivity index (χ0) is 12.0. The normalized spacial score (nSPS) is 10.8. The van der Waals surface area contributed by atoms with Gasteiger partial charge in [0.25, 0.3) is 0 Å². The number of nitrogens with two attached hydrogens (primary N) is 1. The number of anilines is 2. The predicted molar refractivity (Wildman–Crippen MR) is 67.6 cm³/mol. The first kappa shape index (κ1) is 12.8. The Morgan fingerprint density at radius 1 is 1.50 bits per heavy atom. The largest absolute Gasteiger partial charge is 0.383 e. The third kappa shape index (κ3) is 3.70. The molecule has 16 heavy (non-hydrogen) atoms. The summed E-state index contributed by atoms with van der Waals surface area (Å²) in [5.41, 5.74) is 6.87. The van der Waals surface area contributed by atoms with Gasteiger partial charge < -0.3 is 15.4 Å². The first-order valence-electron chi connectivity index (χ1n) is 5.59. The Morgan fingerprint density at radius 2 is 2.25 bits per heavy atom. The van der Waals surface area contributed by atoms with Crippen molar-refractivity contribution in [2.24, 2.45) is 5.92 Å². The molecule has 4 nitrogen and oxygen atoms in total. The van der Waals surface area contributed by atoms with E-state index in [1.807, 2.05) is 12.1 Å². The number of rotatable bonds is 6. The van der Waals surface area contributed by atoms with Crippen LogP contribution in [0.4, 0.5) is 11.5 Å². The molecule has 0 radical (unpaired) electrons. The minimum atomic E-state index is 0.580. The number of methoxy groups -OCH3 is 1. The molecule has 0 amide bonds. The van der Waals surface area contributed by atoms with Crippen molar-refractivity contribution in [2.45, 2.75) is 13.8 Å². The Kier molecular flexibility index (Phi) is 5.05. The smallest absolute Gasteiger partial charge is 0.146 e.